The number of ether oxygens (including phenoxy) is 1. The van der Waals surface area contributed by atoms with E-state index in [1.165, 1.54) is 0 Å². The fraction of sp³-hybridized carbons (Fsp3) is 0.333. The summed E-state index contributed by atoms with van der Waals surface area (Å²) in [6, 6.07) is 5.17. The van der Waals surface area contributed by atoms with E-state index in [1.54, 1.807) is 25.3 Å². The maximum Gasteiger partial charge on any atom is 0.349 e. The van der Waals surface area contributed by atoms with Crippen molar-refractivity contribution in [2.45, 2.75) is 13.3 Å². The Morgan fingerprint density at radius 2 is 2.25 bits per heavy atom. The van der Waals surface area contributed by atoms with Gasteiger partial charge in [-0.05, 0) is 18.6 Å². The molecule has 1 atom stereocenters. The molecule has 1 aliphatic heterocycles. The molecule has 16 heavy (non-hydrogen) atoms. The molecule has 2 rings (SSSR count). The minimum absolute atomic E-state index is 0.0215. The lowest BCUT2D eigenvalue weighted by molar-refractivity contribution is -0.371. The standard InChI is InChI=1S/C12H13NO3/c1-3-8-11(14)9-5-4-7(16-2)6-10(9)13-12(8)15/h4-6,8H,3H2,1-2H3,(H,13,15)/p+1/t8-/m0/s1. The molecule has 84 valence electrons. The van der Waals surface area contributed by atoms with Gasteiger partial charge < -0.3 is 9.84 Å². The first-order valence-corrected chi connectivity index (χ1v) is 5.22. The smallest absolute Gasteiger partial charge is 0.349 e. The van der Waals surface area contributed by atoms with Gasteiger partial charge in [-0.2, -0.15) is 4.99 Å². The maximum atomic E-state index is 12.0. The second-order valence-electron chi connectivity index (χ2n) is 3.75. The summed E-state index contributed by atoms with van der Waals surface area (Å²) >= 11 is 0. The van der Waals surface area contributed by atoms with Crippen molar-refractivity contribution in [1.82, 2.24) is 0 Å². The van der Waals surface area contributed by atoms with E-state index in [1.807, 2.05) is 6.92 Å². The lowest BCUT2D eigenvalue weighted by Crippen LogP contribution is -2.71. The predicted octanol–water partition coefficient (Wildman–Crippen LogP) is 0.586. The van der Waals surface area contributed by atoms with Gasteiger partial charge in [-0.3, -0.25) is 4.79 Å². The summed E-state index contributed by atoms with van der Waals surface area (Å²) in [7, 11) is 1.56. The topological polar surface area (TPSA) is 60.5 Å². The molecule has 0 saturated carbocycles. The molecule has 1 aromatic rings. The van der Waals surface area contributed by atoms with Crippen LogP contribution in [0.1, 0.15) is 23.7 Å². The number of rotatable bonds is 2. The number of aliphatic hydroxyl groups is 1. The van der Waals surface area contributed by atoms with Gasteiger partial charge in [0.05, 0.1) is 18.7 Å². The highest BCUT2D eigenvalue weighted by molar-refractivity contribution is 6.12. The van der Waals surface area contributed by atoms with E-state index in [0.717, 1.165) is 0 Å². The van der Waals surface area contributed by atoms with E-state index in [4.69, 9.17) is 4.74 Å². The van der Waals surface area contributed by atoms with Crippen LogP contribution in [0.3, 0.4) is 0 Å². The zero-order valence-corrected chi connectivity index (χ0v) is 9.28. The number of ketones is 1. The molecular formula is C12H14NO3+. The predicted molar refractivity (Wildman–Crippen MR) is 59.4 cm³/mol. The van der Waals surface area contributed by atoms with E-state index in [-0.39, 0.29) is 11.7 Å². The molecule has 0 fully saturated rings. The molecule has 0 bridgehead atoms. The first kappa shape index (κ1) is 10.7. The molecule has 0 radical (unpaired) electrons. The van der Waals surface area contributed by atoms with E-state index in [0.29, 0.717) is 23.4 Å². The van der Waals surface area contributed by atoms with Crippen LogP contribution < -0.4 is 9.73 Å². The van der Waals surface area contributed by atoms with Crippen molar-refractivity contribution >= 4 is 17.4 Å². The maximum absolute atomic E-state index is 12.0. The average Bonchev–Trinajstić information content (AvgIpc) is 2.28. The summed E-state index contributed by atoms with van der Waals surface area (Å²) in [5, 5.41) is 9.69. The fourth-order valence-electron chi connectivity index (χ4n) is 1.88. The van der Waals surface area contributed by atoms with Crippen molar-refractivity contribution in [3.63, 3.8) is 0 Å². The van der Waals surface area contributed by atoms with Gasteiger partial charge in [-0.1, -0.05) is 6.92 Å². The van der Waals surface area contributed by atoms with Crippen LogP contribution >= 0.6 is 0 Å². The number of aliphatic hydroxyl groups excluding tert-OH is 1. The third-order valence-electron chi connectivity index (χ3n) is 2.81. The molecule has 1 aromatic carbocycles. The van der Waals surface area contributed by atoms with Crippen molar-refractivity contribution in [2.24, 2.45) is 5.92 Å². The summed E-state index contributed by atoms with van der Waals surface area (Å²) < 4.78 is 5.06. The van der Waals surface area contributed by atoms with Crippen LogP contribution in [0.15, 0.2) is 18.2 Å². The van der Waals surface area contributed by atoms with E-state index >= 15 is 0 Å². The fourth-order valence-corrected chi connectivity index (χ4v) is 1.88. The zero-order valence-electron chi connectivity index (χ0n) is 9.28. The third kappa shape index (κ3) is 1.56. The number of carbonyl (C=O) groups excluding carboxylic acids is 1. The van der Waals surface area contributed by atoms with Crippen LogP contribution in [0.5, 0.6) is 5.75 Å². The summed E-state index contributed by atoms with van der Waals surface area (Å²) in [4.78, 5) is 14.8. The monoisotopic (exact) mass is 220 g/mol. The van der Waals surface area contributed by atoms with E-state index < -0.39 is 5.92 Å². The molecule has 0 saturated heterocycles. The molecular weight excluding hydrogens is 206 g/mol. The molecule has 0 aliphatic carbocycles. The normalized spacial score (nSPS) is 19.0. The summed E-state index contributed by atoms with van der Waals surface area (Å²) in [6.07, 6.45) is 0.586. The van der Waals surface area contributed by atoms with Crippen LogP contribution in [-0.2, 0) is 0 Å². The van der Waals surface area contributed by atoms with Crippen molar-refractivity contribution in [3.05, 3.63) is 23.8 Å². The average molecular weight is 220 g/mol. The first-order valence-electron chi connectivity index (χ1n) is 5.22. The Morgan fingerprint density at radius 3 is 2.88 bits per heavy atom. The Hall–Kier alpha value is -1.84. The van der Waals surface area contributed by atoms with Crippen LogP contribution in [0.4, 0.5) is 5.69 Å². The Kier molecular flexibility index (Phi) is 2.64. The van der Waals surface area contributed by atoms with Gasteiger partial charge in [0.15, 0.2) is 5.78 Å². The Balaban J connectivity index is 2.52. The number of methoxy groups -OCH3 is 1. The van der Waals surface area contributed by atoms with Crippen LogP contribution in [0.2, 0.25) is 0 Å². The van der Waals surface area contributed by atoms with Gasteiger partial charge in [0, 0.05) is 0 Å². The number of fused-ring (bicyclic) bond motifs is 1. The minimum atomic E-state index is -0.444. The first-order chi connectivity index (χ1) is 7.67. The molecule has 0 aromatic heterocycles. The minimum Gasteiger partial charge on any atom is -0.497 e. The van der Waals surface area contributed by atoms with Gasteiger partial charge >= 0.3 is 5.90 Å². The molecule has 0 spiro atoms. The van der Waals surface area contributed by atoms with Crippen molar-refractivity contribution in [1.29, 1.82) is 0 Å². The number of benzene rings is 1. The highest BCUT2D eigenvalue weighted by Gasteiger charge is 2.35. The Bertz CT molecular complexity index is 465. The lowest BCUT2D eigenvalue weighted by atomic mass is 9.91. The van der Waals surface area contributed by atoms with Gasteiger partial charge in [-0.25, -0.2) is 0 Å². The number of hydrogen-bond acceptors (Lipinski definition) is 2. The molecule has 4 heteroatoms. The molecule has 4 nitrogen and oxygen atoms in total. The molecule has 0 amide bonds. The Morgan fingerprint density at radius 1 is 1.50 bits per heavy atom. The van der Waals surface area contributed by atoms with Crippen LogP contribution in [-0.4, -0.2) is 23.9 Å². The van der Waals surface area contributed by atoms with Gasteiger partial charge in [0.1, 0.15) is 11.7 Å². The van der Waals surface area contributed by atoms with Gasteiger partial charge in [0.2, 0.25) is 5.69 Å². The van der Waals surface area contributed by atoms with Gasteiger partial charge in [0.25, 0.3) is 0 Å². The Labute approximate surface area is 93.6 Å². The summed E-state index contributed by atoms with van der Waals surface area (Å²) in [5.41, 5.74) is 1.21. The molecule has 0 unspecified atom stereocenters. The molecule has 1 heterocycles. The van der Waals surface area contributed by atoms with Crippen molar-refractivity contribution < 1.29 is 19.6 Å². The van der Waals surface area contributed by atoms with Gasteiger partial charge in [-0.15, -0.1) is 0 Å². The zero-order chi connectivity index (χ0) is 11.7. The highest BCUT2D eigenvalue weighted by atomic mass is 16.5. The summed E-state index contributed by atoms with van der Waals surface area (Å²) in [5.74, 6) is 0.187. The number of carbonyl (C=O) groups is 1. The van der Waals surface area contributed by atoms with Crippen LogP contribution in [0, 0.1) is 5.92 Å². The second-order valence-corrected chi connectivity index (χ2v) is 3.75. The third-order valence-corrected chi connectivity index (χ3v) is 2.81. The number of Topliss-reactive ketones (excluding diaryl/α,β-unsaturated/α-hetero) is 1. The molecule has 2 N–H and O–H groups in total. The second kappa shape index (κ2) is 3.96. The number of hydrogen-bond donors (Lipinski definition) is 2. The van der Waals surface area contributed by atoms with E-state index in [9.17, 15) is 9.90 Å². The largest absolute Gasteiger partial charge is 0.497 e. The lowest BCUT2D eigenvalue weighted by Gasteiger charge is -2.13. The van der Waals surface area contributed by atoms with Crippen molar-refractivity contribution in [3.8, 4) is 5.75 Å². The SMILES string of the molecule is CC[C@H]1C(=O)c2ccc(OC)cc2[NH+]=C1O. The highest BCUT2D eigenvalue weighted by Crippen LogP contribution is 2.24. The summed E-state index contributed by atoms with van der Waals surface area (Å²) in [6.45, 7) is 1.87. The number of nitrogens with one attached hydrogen (secondary N) is 1. The van der Waals surface area contributed by atoms with Crippen molar-refractivity contribution in [2.75, 3.05) is 7.11 Å². The quantitative estimate of drug-likeness (QED) is 0.766. The molecule has 1 aliphatic rings. The van der Waals surface area contributed by atoms with E-state index in [2.05, 4.69) is 4.99 Å². The van der Waals surface area contributed by atoms with Crippen LogP contribution in [0.25, 0.3) is 0 Å².